The Morgan fingerprint density at radius 3 is 2.76 bits per heavy atom. The van der Waals surface area contributed by atoms with Crippen LogP contribution < -0.4 is 10.1 Å². The van der Waals surface area contributed by atoms with Gasteiger partial charge in [0, 0.05) is 12.1 Å². The van der Waals surface area contributed by atoms with Gasteiger partial charge in [0.15, 0.2) is 11.5 Å². The molecule has 1 aromatic rings. The molecule has 1 saturated carbocycles. The molecule has 1 aromatic carbocycles. The first-order valence-electron chi connectivity index (χ1n) is 6.91. The van der Waals surface area contributed by atoms with Gasteiger partial charge in [0.1, 0.15) is 0 Å². The first kappa shape index (κ1) is 15.2. The van der Waals surface area contributed by atoms with Crippen LogP contribution in [0.3, 0.4) is 0 Å². The number of nitrogens with one attached hydrogen (secondary N) is 1. The highest BCUT2D eigenvalue weighted by Gasteiger charge is 2.32. The van der Waals surface area contributed by atoms with Crippen LogP contribution in [0.25, 0.3) is 0 Å². The van der Waals surface area contributed by atoms with E-state index in [9.17, 15) is 14.7 Å². The second kappa shape index (κ2) is 6.47. The molecule has 0 heterocycles. The number of methoxy groups -OCH3 is 1. The Morgan fingerprint density at radius 2 is 2.14 bits per heavy atom. The number of hydrogen-bond acceptors (Lipinski definition) is 4. The second-order valence-corrected chi connectivity index (χ2v) is 5.23. The summed E-state index contributed by atoms with van der Waals surface area (Å²) >= 11 is 0. The molecule has 2 atom stereocenters. The zero-order valence-electron chi connectivity index (χ0n) is 11.8. The first-order valence-corrected chi connectivity index (χ1v) is 6.91. The number of aromatic hydroxyl groups is 1. The summed E-state index contributed by atoms with van der Waals surface area (Å²) in [6.07, 6.45) is 2.35. The van der Waals surface area contributed by atoms with Crippen LogP contribution in [0.1, 0.15) is 29.6 Å². The largest absolute Gasteiger partial charge is 0.504 e. The second-order valence-electron chi connectivity index (χ2n) is 5.23. The summed E-state index contributed by atoms with van der Waals surface area (Å²) in [5, 5.41) is 21.5. The number of rotatable bonds is 5. The van der Waals surface area contributed by atoms with Gasteiger partial charge in [-0.1, -0.05) is 6.42 Å². The molecule has 1 aliphatic rings. The number of phenolic OH excluding ortho intramolecular Hbond substituents is 1. The third kappa shape index (κ3) is 3.45. The number of carbonyl (C=O) groups is 2. The SMILES string of the molecule is COc1ccc(C(=O)NCC2CCCC2C(=O)O)cc1O. The molecule has 1 fully saturated rings. The van der Waals surface area contributed by atoms with Gasteiger partial charge in [0.2, 0.25) is 0 Å². The number of carbonyl (C=O) groups excluding carboxylic acids is 1. The number of phenols is 1. The van der Waals surface area contributed by atoms with Crippen LogP contribution in [0, 0.1) is 11.8 Å². The Labute approximate surface area is 122 Å². The summed E-state index contributed by atoms with van der Waals surface area (Å²) in [6.45, 7) is 0.336. The molecule has 21 heavy (non-hydrogen) atoms. The number of amides is 1. The van der Waals surface area contributed by atoms with E-state index in [2.05, 4.69) is 5.32 Å². The van der Waals surface area contributed by atoms with Crippen LogP contribution in [0.5, 0.6) is 11.5 Å². The lowest BCUT2D eigenvalue weighted by molar-refractivity contribution is -0.142. The molecule has 2 unspecified atom stereocenters. The van der Waals surface area contributed by atoms with Crippen LogP contribution in [0.4, 0.5) is 0 Å². The molecule has 0 aromatic heterocycles. The van der Waals surface area contributed by atoms with Crippen molar-refractivity contribution in [3.8, 4) is 11.5 Å². The van der Waals surface area contributed by atoms with Gasteiger partial charge < -0.3 is 20.3 Å². The summed E-state index contributed by atoms with van der Waals surface area (Å²) in [5.41, 5.74) is 0.318. The van der Waals surface area contributed by atoms with Gasteiger partial charge in [-0.15, -0.1) is 0 Å². The molecule has 0 aliphatic heterocycles. The topological polar surface area (TPSA) is 95.9 Å². The molecule has 114 valence electrons. The van der Waals surface area contributed by atoms with Gasteiger partial charge in [-0.05, 0) is 37.0 Å². The van der Waals surface area contributed by atoms with Crippen molar-refractivity contribution >= 4 is 11.9 Å². The average molecular weight is 293 g/mol. The van der Waals surface area contributed by atoms with E-state index in [0.717, 1.165) is 12.8 Å². The predicted molar refractivity (Wildman–Crippen MR) is 75.5 cm³/mol. The summed E-state index contributed by atoms with van der Waals surface area (Å²) in [7, 11) is 1.43. The fraction of sp³-hybridized carbons (Fsp3) is 0.467. The minimum Gasteiger partial charge on any atom is -0.504 e. The molecule has 0 bridgehead atoms. The molecular weight excluding hydrogens is 274 g/mol. The standard InChI is InChI=1S/C15H19NO5/c1-21-13-6-5-9(7-12(13)17)14(18)16-8-10-3-2-4-11(10)15(19)20/h5-7,10-11,17H,2-4,8H2,1H3,(H,16,18)(H,19,20). The molecular formula is C15H19NO5. The highest BCUT2D eigenvalue weighted by molar-refractivity contribution is 5.94. The Balaban J connectivity index is 1.95. The third-order valence-corrected chi connectivity index (χ3v) is 3.94. The predicted octanol–water partition coefficient (Wildman–Crippen LogP) is 1.63. The maximum absolute atomic E-state index is 12.0. The molecule has 6 heteroatoms. The van der Waals surface area contributed by atoms with E-state index in [4.69, 9.17) is 9.84 Å². The summed E-state index contributed by atoms with van der Waals surface area (Å²) in [5.74, 6) is -1.34. The minimum atomic E-state index is -0.797. The van der Waals surface area contributed by atoms with E-state index in [1.807, 2.05) is 0 Å². The van der Waals surface area contributed by atoms with Crippen molar-refractivity contribution in [2.75, 3.05) is 13.7 Å². The van der Waals surface area contributed by atoms with Crippen molar-refractivity contribution in [3.63, 3.8) is 0 Å². The highest BCUT2D eigenvalue weighted by atomic mass is 16.5. The number of carboxylic acid groups (broad SMARTS) is 1. The van der Waals surface area contributed by atoms with Crippen LogP contribution >= 0.6 is 0 Å². The smallest absolute Gasteiger partial charge is 0.306 e. The summed E-state index contributed by atoms with van der Waals surface area (Å²) in [6, 6.07) is 4.40. The molecule has 2 rings (SSSR count). The van der Waals surface area contributed by atoms with E-state index >= 15 is 0 Å². The quantitative estimate of drug-likeness (QED) is 0.767. The number of carboxylic acids is 1. The Morgan fingerprint density at radius 1 is 1.38 bits per heavy atom. The number of benzene rings is 1. The third-order valence-electron chi connectivity index (χ3n) is 3.94. The molecule has 3 N–H and O–H groups in total. The van der Waals surface area contributed by atoms with Crippen molar-refractivity contribution in [2.45, 2.75) is 19.3 Å². The van der Waals surface area contributed by atoms with Crippen molar-refractivity contribution in [1.82, 2.24) is 5.32 Å². The monoisotopic (exact) mass is 293 g/mol. The summed E-state index contributed by atoms with van der Waals surface area (Å²) < 4.78 is 4.91. The Bertz CT molecular complexity index is 543. The fourth-order valence-corrected chi connectivity index (χ4v) is 2.76. The molecule has 1 aliphatic carbocycles. The van der Waals surface area contributed by atoms with Crippen molar-refractivity contribution in [3.05, 3.63) is 23.8 Å². The lowest BCUT2D eigenvalue weighted by Crippen LogP contribution is -2.33. The van der Waals surface area contributed by atoms with Gasteiger partial charge in [-0.3, -0.25) is 9.59 Å². The Hall–Kier alpha value is -2.24. The number of hydrogen-bond donors (Lipinski definition) is 3. The normalized spacial score (nSPS) is 21.0. The summed E-state index contributed by atoms with van der Waals surface area (Å²) in [4.78, 5) is 23.1. The van der Waals surface area contributed by atoms with Gasteiger partial charge in [-0.2, -0.15) is 0 Å². The molecule has 0 saturated heterocycles. The zero-order valence-corrected chi connectivity index (χ0v) is 11.8. The highest BCUT2D eigenvalue weighted by Crippen LogP contribution is 2.31. The number of ether oxygens (including phenoxy) is 1. The van der Waals surface area contributed by atoms with Crippen molar-refractivity contribution in [1.29, 1.82) is 0 Å². The minimum absolute atomic E-state index is 0.0294. The Kier molecular flexibility index (Phi) is 4.67. The van der Waals surface area contributed by atoms with Crippen LogP contribution in [-0.2, 0) is 4.79 Å². The zero-order chi connectivity index (χ0) is 15.4. The van der Waals surface area contributed by atoms with Gasteiger partial charge in [-0.25, -0.2) is 0 Å². The average Bonchev–Trinajstić information content (AvgIpc) is 2.93. The lowest BCUT2D eigenvalue weighted by Gasteiger charge is -2.16. The molecule has 0 spiro atoms. The van der Waals surface area contributed by atoms with Gasteiger partial charge in [0.25, 0.3) is 5.91 Å². The van der Waals surface area contributed by atoms with E-state index in [1.54, 1.807) is 6.07 Å². The van der Waals surface area contributed by atoms with E-state index in [-0.39, 0.29) is 23.5 Å². The van der Waals surface area contributed by atoms with E-state index in [0.29, 0.717) is 24.3 Å². The van der Waals surface area contributed by atoms with Crippen molar-refractivity contribution < 1.29 is 24.5 Å². The van der Waals surface area contributed by atoms with Crippen LogP contribution in [0.2, 0.25) is 0 Å². The maximum Gasteiger partial charge on any atom is 0.306 e. The lowest BCUT2D eigenvalue weighted by atomic mass is 9.96. The van der Waals surface area contributed by atoms with E-state index in [1.165, 1.54) is 19.2 Å². The maximum atomic E-state index is 12.0. The molecule has 6 nitrogen and oxygen atoms in total. The fourth-order valence-electron chi connectivity index (χ4n) is 2.76. The molecule has 1 amide bonds. The first-order chi connectivity index (χ1) is 10.0. The van der Waals surface area contributed by atoms with Gasteiger partial charge >= 0.3 is 5.97 Å². The van der Waals surface area contributed by atoms with Crippen molar-refractivity contribution in [2.24, 2.45) is 11.8 Å². The van der Waals surface area contributed by atoms with E-state index < -0.39 is 5.97 Å². The van der Waals surface area contributed by atoms with Crippen LogP contribution in [-0.4, -0.2) is 35.7 Å². The van der Waals surface area contributed by atoms with Crippen LogP contribution in [0.15, 0.2) is 18.2 Å². The number of aliphatic carboxylic acids is 1. The van der Waals surface area contributed by atoms with Gasteiger partial charge in [0.05, 0.1) is 13.0 Å². The molecule has 0 radical (unpaired) electrons.